The number of aliphatic imine (C=N–C) groups is 1. The second-order valence-electron chi connectivity index (χ2n) is 3.14. The van der Waals surface area contributed by atoms with Crippen LogP contribution in [0.25, 0.3) is 0 Å². The van der Waals surface area contributed by atoms with E-state index in [1.165, 1.54) is 5.56 Å². The van der Waals surface area contributed by atoms with Crippen LogP contribution in [0.2, 0.25) is 0 Å². The molecule has 0 aliphatic heterocycles. The Morgan fingerprint density at radius 2 is 2.08 bits per heavy atom. The number of para-hydroxylation sites is 1. The smallest absolute Gasteiger partial charge is 0.0996 e. The maximum Gasteiger partial charge on any atom is 0.0996 e. The topological polar surface area (TPSA) is 38.4 Å². The van der Waals surface area contributed by atoms with E-state index in [4.69, 9.17) is 5.73 Å². The maximum atomic E-state index is 5.74. The minimum Gasteiger partial charge on any atom is -0.387 e. The molecule has 0 unspecified atom stereocenters. The Kier molecular flexibility index (Phi) is 3.50. The van der Waals surface area contributed by atoms with Crippen LogP contribution in [0, 0.1) is 6.92 Å². The van der Waals surface area contributed by atoms with Gasteiger partial charge in [0, 0.05) is 6.42 Å². The van der Waals surface area contributed by atoms with Crippen molar-refractivity contribution in [3.8, 4) is 0 Å². The number of hydrogen-bond acceptors (Lipinski definition) is 1. The molecule has 0 fully saturated rings. The zero-order valence-electron chi connectivity index (χ0n) is 8.25. The molecule has 13 heavy (non-hydrogen) atoms. The molecule has 2 N–H and O–H groups in total. The second-order valence-corrected chi connectivity index (χ2v) is 3.14. The summed E-state index contributed by atoms with van der Waals surface area (Å²) < 4.78 is 0. The highest BCUT2D eigenvalue weighted by molar-refractivity contribution is 5.83. The summed E-state index contributed by atoms with van der Waals surface area (Å²) in [5, 5.41) is 0. The predicted molar refractivity (Wildman–Crippen MR) is 57.4 cm³/mol. The lowest BCUT2D eigenvalue weighted by atomic mass is 10.2. The van der Waals surface area contributed by atoms with Gasteiger partial charge in [-0.2, -0.15) is 0 Å². The zero-order valence-corrected chi connectivity index (χ0v) is 8.25. The molecule has 0 spiro atoms. The van der Waals surface area contributed by atoms with E-state index in [-0.39, 0.29) is 0 Å². The summed E-state index contributed by atoms with van der Waals surface area (Å²) in [5.41, 5.74) is 7.88. The van der Waals surface area contributed by atoms with Gasteiger partial charge in [-0.15, -0.1) is 0 Å². The average Bonchev–Trinajstić information content (AvgIpc) is 2.09. The van der Waals surface area contributed by atoms with Crippen LogP contribution >= 0.6 is 0 Å². The van der Waals surface area contributed by atoms with E-state index in [9.17, 15) is 0 Å². The van der Waals surface area contributed by atoms with E-state index < -0.39 is 0 Å². The van der Waals surface area contributed by atoms with Gasteiger partial charge in [0.1, 0.15) is 0 Å². The van der Waals surface area contributed by atoms with Gasteiger partial charge in [-0.25, -0.2) is 4.99 Å². The SMILES string of the molecule is CCC/C(N)=N\c1ccccc1C. The van der Waals surface area contributed by atoms with Gasteiger partial charge in [-0.1, -0.05) is 25.1 Å². The quantitative estimate of drug-likeness (QED) is 0.558. The van der Waals surface area contributed by atoms with Gasteiger partial charge in [0.25, 0.3) is 0 Å². The maximum absolute atomic E-state index is 5.74. The monoisotopic (exact) mass is 176 g/mol. The summed E-state index contributed by atoms with van der Waals surface area (Å²) in [6, 6.07) is 8.01. The minimum atomic E-state index is 0.719. The molecule has 2 heteroatoms. The molecule has 0 aliphatic rings. The fourth-order valence-corrected chi connectivity index (χ4v) is 1.16. The third-order valence-corrected chi connectivity index (χ3v) is 1.89. The number of amidine groups is 1. The van der Waals surface area contributed by atoms with E-state index >= 15 is 0 Å². The molecule has 0 saturated carbocycles. The molecule has 0 radical (unpaired) electrons. The Morgan fingerprint density at radius 3 is 2.69 bits per heavy atom. The largest absolute Gasteiger partial charge is 0.387 e. The molecular formula is C11H16N2. The van der Waals surface area contributed by atoms with Gasteiger partial charge in [-0.3, -0.25) is 0 Å². The van der Waals surface area contributed by atoms with Crippen molar-refractivity contribution in [3.63, 3.8) is 0 Å². The Balaban J connectivity index is 2.84. The predicted octanol–water partition coefficient (Wildman–Crippen LogP) is 2.78. The molecule has 70 valence electrons. The standard InChI is InChI=1S/C11H16N2/c1-3-6-11(12)13-10-8-5-4-7-9(10)2/h4-5,7-8H,3,6H2,1-2H3,(H2,12,13). The lowest BCUT2D eigenvalue weighted by Gasteiger charge is -2.01. The van der Waals surface area contributed by atoms with Crippen molar-refractivity contribution in [2.75, 3.05) is 0 Å². The average molecular weight is 176 g/mol. The fraction of sp³-hybridized carbons (Fsp3) is 0.364. The highest BCUT2D eigenvalue weighted by Crippen LogP contribution is 2.17. The van der Waals surface area contributed by atoms with Crippen molar-refractivity contribution in [1.82, 2.24) is 0 Å². The molecule has 0 aliphatic carbocycles. The number of benzene rings is 1. The van der Waals surface area contributed by atoms with Crippen molar-refractivity contribution in [2.45, 2.75) is 26.7 Å². The van der Waals surface area contributed by atoms with E-state index in [1.54, 1.807) is 0 Å². The van der Waals surface area contributed by atoms with Crippen LogP contribution in [0.5, 0.6) is 0 Å². The minimum absolute atomic E-state index is 0.719. The van der Waals surface area contributed by atoms with E-state index in [2.05, 4.69) is 11.9 Å². The van der Waals surface area contributed by atoms with Crippen molar-refractivity contribution in [1.29, 1.82) is 0 Å². The number of nitrogens with two attached hydrogens (primary N) is 1. The Bertz CT molecular complexity index is 303. The summed E-state index contributed by atoms with van der Waals surface area (Å²) in [6.45, 7) is 4.14. The van der Waals surface area contributed by atoms with Gasteiger partial charge in [0.15, 0.2) is 0 Å². The summed E-state index contributed by atoms with van der Waals surface area (Å²) in [6.07, 6.45) is 1.91. The van der Waals surface area contributed by atoms with Gasteiger partial charge in [0.2, 0.25) is 0 Å². The molecule has 1 aromatic carbocycles. The molecular weight excluding hydrogens is 160 g/mol. The first kappa shape index (κ1) is 9.78. The van der Waals surface area contributed by atoms with Crippen LogP contribution in [0.1, 0.15) is 25.3 Å². The first-order chi connectivity index (χ1) is 6.24. The highest BCUT2D eigenvalue weighted by atomic mass is 14.9. The van der Waals surface area contributed by atoms with Crippen LogP contribution in [-0.2, 0) is 0 Å². The fourth-order valence-electron chi connectivity index (χ4n) is 1.16. The molecule has 0 heterocycles. The van der Waals surface area contributed by atoms with E-state index in [0.29, 0.717) is 0 Å². The molecule has 0 bridgehead atoms. The summed E-state index contributed by atoms with van der Waals surface area (Å²) in [4.78, 5) is 4.34. The van der Waals surface area contributed by atoms with Crippen LogP contribution in [0.15, 0.2) is 29.3 Å². The first-order valence-corrected chi connectivity index (χ1v) is 4.62. The van der Waals surface area contributed by atoms with Crippen molar-refractivity contribution >= 4 is 11.5 Å². The molecule has 0 aromatic heterocycles. The van der Waals surface area contributed by atoms with Crippen molar-refractivity contribution in [3.05, 3.63) is 29.8 Å². The number of aryl methyl sites for hydroxylation is 1. The molecule has 0 saturated heterocycles. The van der Waals surface area contributed by atoms with Crippen LogP contribution in [0.3, 0.4) is 0 Å². The van der Waals surface area contributed by atoms with Crippen LogP contribution < -0.4 is 5.73 Å². The third-order valence-electron chi connectivity index (χ3n) is 1.89. The first-order valence-electron chi connectivity index (χ1n) is 4.62. The Labute approximate surface area is 79.5 Å². The summed E-state index contributed by atoms with van der Waals surface area (Å²) in [5.74, 6) is 0.719. The van der Waals surface area contributed by atoms with Gasteiger partial charge in [-0.05, 0) is 25.0 Å². The van der Waals surface area contributed by atoms with Crippen molar-refractivity contribution in [2.24, 2.45) is 10.7 Å². The molecule has 1 rings (SSSR count). The Hall–Kier alpha value is -1.31. The normalized spacial score (nSPS) is 11.7. The molecule has 2 nitrogen and oxygen atoms in total. The van der Waals surface area contributed by atoms with Crippen LogP contribution in [-0.4, -0.2) is 5.84 Å². The number of hydrogen-bond donors (Lipinski definition) is 1. The number of nitrogens with zero attached hydrogens (tertiary/aromatic N) is 1. The lowest BCUT2D eigenvalue weighted by molar-refractivity contribution is 0.983. The molecule has 1 aromatic rings. The summed E-state index contributed by atoms with van der Waals surface area (Å²) in [7, 11) is 0. The summed E-state index contributed by atoms with van der Waals surface area (Å²) >= 11 is 0. The van der Waals surface area contributed by atoms with Crippen LogP contribution in [0.4, 0.5) is 5.69 Å². The second kappa shape index (κ2) is 4.65. The Morgan fingerprint density at radius 1 is 1.38 bits per heavy atom. The van der Waals surface area contributed by atoms with Gasteiger partial charge in [0.05, 0.1) is 11.5 Å². The third kappa shape index (κ3) is 2.90. The van der Waals surface area contributed by atoms with E-state index in [1.807, 2.05) is 31.2 Å². The number of rotatable bonds is 3. The lowest BCUT2D eigenvalue weighted by Crippen LogP contribution is -2.10. The van der Waals surface area contributed by atoms with E-state index in [0.717, 1.165) is 24.4 Å². The zero-order chi connectivity index (χ0) is 9.68. The highest BCUT2D eigenvalue weighted by Gasteiger charge is 1.95. The molecule has 0 atom stereocenters. The molecule has 0 amide bonds. The van der Waals surface area contributed by atoms with Gasteiger partial charge < -0.3 is 5.73 Å². The van der Waals surface area contributed by atoms with Crippen molar-refractivity contribution < 1.29 is 0 Å². The van der Waals surface area contributed by atoms with Gasteiger partial charge >= 0.3 is 0 Å².